The first-order valence-electron chi connectivity index (χ1n) is 7.16. The van der Waals surface area contributed by atoms with Crippen LogP contribution in [0.4, 0.5) is 0 Å². The van der Waals surface area contributed by atoms with Gasteiger partial charge in [-0.05, 0) is 29.7 Å². The fraction of sp³-hybridized carbons (Fsp3) is 0.235. The molecular weight excluding hydrogens is 298 g/mol. The van der Waals surface area contributed by atoms with E-state index >= 15 is 0 Å². The molecule has 0 bridgehead atoms. The molecule has 2 aromatic rings. The van der Waals surface area contributed by atoms with Crippen LogP contribution in [0.25, 0.3) is 0 Å². The lowest BCUT2D eigenvalue weighted by atomic mass is 10.0. The van der Waals surface area contributed by atoms with E-state index in [0.717, 1.165) is 36.5 Å². The second-order valence-corrected chi connectivity index (χ2v) is 5.65. The number of amidine groups is 1. The summed E-state index contributed by atoms with van der Waals surface area (Å²) in [5, 5.41) is 2.33. The monoisotopic (exact) mass is 315 g/mol. The Hall–Kier alpha value is -2.04. The van der Waals surface area contributed by atoms with Crippen LogP contribution in [0.5, 0.6) is 5.75 Å². The molecule has 0 aliphatic carbocycles. The summed E-state index contributed by atoms with van der Waals surface area (Å²) in [6, 6.07) is 14.2. The van der Waals surface area contributed by atoms with Crippen LogP contribution in [0.2, 0.25) is 5.02 Å². The number of halogens is 1. The minimum atomic E-state index is 0.635. The highest BCUT2D eigenvalue weighted by Gasteiger charge is 2.14. The summed E-state index contributed by atoms with van der Waals surface area (Å²) in [6.07, 6.45) is 0.822. The third kappa shape index (κ3) is 3.08. The second kappa shape index (κ2) is 6.38. The fourth-order valence-corrected chi connectivity index (χ4v) is 2.82. The number of hydrazine groups is 1. The van der Waals surface area contributed by atoms with Crippen molar-refractivity contribution >= 4 is 17.4 Å². The minimum Gasteiger partial charge on any atom is -0.495 e. The van der Waals surface area contributed by atoms with Crippen LogP contribution >= 0.6 is 11.6 Å². The summed E-state index contributed by atoms with van der Waals surface area (Å²) in [7, 11) is 1.62. The van der Waals surface area contributed by atoms with Crippen molar-refractivity contribution in [2.75, 3.05) is 20.2 Å². The SMILES string of the molecule is COc1ccc(Cc2ccc(C3=NCCN3N)cc2)cc1Cl. The molecule has 0 fully saturated rings. The normalized spacial score (nSPS) is 14.1. The van der Waals surface area contributed by atoms with Gasteiger partial charge in [-0.1, -0.05) is 41.9 Å². The Kier molecular flexibility index (Phi) is 4.32. The average molecular weight is 316 g/mol. The zero-order valence-corrected chi connectivity index (χ0v) is 13.2. The van der Waals surface area contributed by atoms with Crippen LogP contribution in [0.15, 0.2) is 47.5 Å². The van der Waals surface area contributed by atoms with Crippen LogP contribution < -0.4 is 10.6 Å². The molecule has 3 rings (SSSR count). The summed E-state index contributed by atoms with van der Waals surface area (Å²) < 4.78 is 5.17. The molecule has 5 heteroatoms. The zero-order valence-electron chi connectivity index (χ0n) is 12.4. The third-order valence-corrected chi connectivity index (χ3v) is 4.01. The Morgan fingerprint density at radius 1 is 1.18 bits per heavy atom. The maximum Gasteiger partial charge on any atom is 0.145 e. The highest BCUT2D eigenvalue weighted by molar-refractivity contribution is 6.32. The van der Waals surface area contributed by atoms with Crippen molar-refractivity contribution < 1.29 is 4.74 Å². The van der Waals surface area contributed by atoms with Crippen molar-refractivity contribution in [2.45, 2.75) is 6.42 Å². The Balaban J connectivity index is 1.75. The lowest BCUT2D eigenvalue weighted by Crippen LogP contribution is -2.34. The smallest absolute Gasteiger partial charge is 0.145 e. The molecule has 114 valence electrons. The molecule has 0 spiro atoms. The van der Waals surface area contributed by atoms with Gasteiger partial charge in [0.25, 0.3) is 0 Å². The predicted octanol–water partition coefficient (Wildman–Crippen LogP) is 2.88. The number of nitrogens with two attached hydrogens (primary N) is 1. The Bertz CT molecular complexity index is 698. The van der Waals surface area contributed by atoms with E-state index in [1.807, 2.05) is 18.2 Å². The molecule has 1 aliphatic rings. The Labute approximate surface area is 135 Å². The molecule has 0 saturated carbocycles. The first kappa shape index (κ1) is 14.9. The van der Waals surface area contributed by atoms with Crippen molar-refractivity contribution in [1.82, 2.24) is 5.01 Å². The zero-order chi connectivity index (χ0) is 15.5. The lowest BCUT2D eigenvalue weighted by Gasteiger charge is -2.13. The number of aliphatic imine (C=N–C) groups is 1. The average Bonchev–Trinajstić information content (AvgIpc) is 2.94. The van der Waals surface area contributed by atoms with E-state index in [1.165, 1.54) is 5.56 Å². The molecule has 0 amide bonds. The van der Waals surface area contributed by atoms with Crippen molar-refractivity contribution in [2.24, 2.45) is 10.8 Å². The second-order valence-electron chi connectivity index (χ2n) is 5.24. The number of benzene rings is 2. The topological polar surface area (TPSA) is 50.8 Å². The van der Waals surface area contributed by atoms with E-state index in [2.05, 4.69) is 29.3 Å². The van der Waals surface area contributed by atoms with Gasteiger partial charge in [-0.25, -0.2) is 5.84 Å². The van der Waals surface area contributed by atoms with Gasteiger partial charge in [0.05, 0.1) is 25.2 Å². The largest absolute Gasteiger partial charge is 0.495 e. The van der Waals surface area contributed by atoms with E-state index in [9.17, 15) is 0 Å². The van der Waals surface area contributed by atoms with Crippen molar-refractivity contribution in [3.8, 4) is 5.75 Å². The number of nitrogens with zero attached hydrogens (tertiary/aromatic N) is 2. The van der Waals surface area contributed by atoms with Crippen molar-refractivity contribution in [3.05, 3.63) is 64.2 Å². The van der Waals surface area contributed by atoms with Gasteiger partial charge in [-0.15, -0.1) is 0 Å². The van der Waals surface area contributed by atoms with E-state index in [0.29, 0.717) is 10.8 Å². The van der Waals surface area contributed by atoms with Crippen LogP contribution in [-0.2, 0) is 6.42 Å². The van der Waals surface area contributed by atoms with Crippen LogP contribution in [0.3, 0.4) is 0 Å². The number of rotatable bonds is 4. The summed E-state index contributed by atoms with van der Waals surface area (Å²) in [6.45, 7) is 1.54. The van der Waals surface area contributed by atoms with Gasteiger partial charge in [0, 0.05) is 5.56 Å². The van der Waals surface area contributed by atoms with Gasteiger partial charge in [-0.2, -0.15) is 0 Å². The van der Waals surface area contributed by atoms with Crippen LogP contribution in [-0.4, -0.2) is 31.0 Å². The van der Waals surface area contributed by atoms with Crippen molar-refractivity contribution in [1.29, 1.82) is 0 Å². The minimum absolute atomic E-state index is 0.635. The molecule has 2 aromatic carbocycles. The number of ether oxygens (including phenoxy) is 1. The van der Waals surface area contributed by atoms with Gasteiger partial charge in [0.1, 0.15) is 11.6 Å². The van der Waals surface area contributed by atoms with Gasteiger partial charge in [-0.3, -0.25) is 10.0 Å². The van der Waals surface area contributed by atoms with Crippen molar-refractivity contribution in [3.63, 3.8) is 0 Å². The van der Waals surface area contributed by atoms with Gasteiger partial charge in [0.2, 0.25) is 0 Å². The number of hydrogen-bond donors (Lipinski definition) is 1. The van der Waals surface area contributed by atoms with Gasteiger partial charge < -0.3 is 4.74 Å². The Morgan fingerprint density at radius 3 is 2.50 bits per heavy atom. The molecule has 0 atom stereocenters. The molecule has 22 heavy (non-hydrogen) atoms. The summed E-state index contributed by atoms with van der Waals surface area (Å²) in [5.74, 6) is 7.45. The van der Waals surface area contributed by atoms with E-state index in [1.54, 1.807) is 12.1 Å². The third-order valence-electron chi connectivity index (χ3n) is 3.71. The number of methoxy groups -OCH3 is 1. The fourth-order valence-electron chi connectivity index (χ4n) is 2.54. The quantitative estimate of drug-likeness (QED) is 0.883. The molecule has 0 aromatic heterocycles. The van der Waals surface area contributed by atoms with Crippen LogP contribution in [0.1, 0.15) is 16.7 Å². The summed E-state index contributed by atoms with van der Waals surface area (Å²) >= 11 is 6.16. The predicted molar refractivity (Wildman–Crippen MR) is 89.5 cm³/mol. The summed E-state index contributed by atoms with van der Waals surface area (Å²) in [4.78, 5) is 4.42. The molecule has 2 N–H and O–H groups in total. The standard InChI is InChI=1S/C17H18ClN3O/c1-22-16-7-4-13(11-15(16)18)10-12-2-5-14(6-3-12)17-20-8-9-21(17)19/h2-7,11H,8-10,19H2,1H3. The van der Waals surface area contributed by atoms with E-state index in [-0.39, 0.29) is 0 Å². The van der Waals surface area contributed by atoms with Crippen LogP contribution in [0, 0.1) is 0 Å². The first-order valence-corrected chi connectivity index (χ1v) is 7.53. The number of hydrogen-bond acceptors (Lipinski definition) is 4. The molecule has 0 radical (unpaired) electrons. The highest BCUT2D eigenvalue weighted by Crippen LogP contribution is 2.26. The lowest BCUT2D eigenvalue weighted by molar-refractivity contribution is 0.415. The molecule has 0 saturated heterocycles. The summed E-state index contributed by atoms with van der Waals surface area (Å²) in [5.41, 5.74) is 3.42. The molecule has 1 aliphatic heterocycles. The maximum atomic E-state index is 6.16. The highest BCUT2D eigenvalue weighted by atomic mass is 35.5. The van der Waals surface area contributed by atoms with E-state index in [4.69, 9.17) is 22.2 Å². The van der Waals surface area contributed by atoms with Gasteiger partial charge >= 0.3 is 0 Å². The molecular formula is C17H18ClN3O. The van der Waals surface area contributed by atoms with Gasteiger partial charge in [0.15, 0.2) is 0 Å². The first-order chi connectivity index (χ1) is 10.7. The molecule has 4 nitrogen and oxygen atoms in total. The van der Waals surface area contributed by atoms with E-state index < -0.39 is 0 Å². The molecule has 1 heterocycles. The Morgan fingerprint density at radius 2 is 1.91 bits per heavy atom. The molecule has 0 unspecified atom stereocenters. The maximum absolute atomic E-state index is 6.16.